The van der Waals surface area contributed by atoms with Crippen LogP contribution in [0.1, 0.15) is 24.4 Å². The molecule has 2 aromatic carbocycles. The number of piperidine rings is 1. The third-order valence-electron chi connectivity index (χ3n) is 6.84. The van der Waals surface area contributed by atoms with Crippen LogP contribution in [0.3, 0.4) is 0 Å². The van der Waals surface area contributed by atoms with Crippen LogP contribution in [0, 0.1) is 0 Å². The maximum Gasteiger partial charge on any atom is 0.320 e. The molecule has 0 aliphatic carbocycles. The van der Waals surface area contributed by atoms with Crippen molar-refractivity contribution in [2.24, 2.45) is 5.73 Å². The normalized spacial score (nSPS) is 19.3. The van der Waals surface area contributed by atoms with Crippen LogP contribution >= 0.6 is 23.2 Å². The van der Waals surface area contributed by atoms with Crippen LogP contribution in [0.25, 0.3) is 0 Å². The summed E-state index contributed by atoms with van der Waals surface area (Å²) in [6, 6.07) is 12.4. The van der Waals surface area contributed by atoms with Crippen molar-refractivity contribution >= 4 is 40.8 Å². The quantitative estimate of drug-likeness (QED) is 0.612. The van der Waals surface area contributed by atoms with Crippen LogP contribution in [0.5, 0.6) is 0 Å². The SMILES string of the molecule is CN1CCC(N2CCN(NC(=O)C(c3ccccc3Cl)N(C(N)=O)c3ccc(Cl)cc3)CC2)CC1. The monoisotopic (exact) mass is 518 g/mol. The smallest absolute Gasteiger partial charge is 0.320 e. The van der Waals surface area contributed by atoms with Crippen molar-refractivity contribution in [2.75, 3.05) is 51.2 Å². The molecule has 2 aliphatic rings. The predicted molar refractivity (Wildman–Crippen MR) is 140 cm³/mol. The molecule has 0 spiro atoms. The van der Waals surface area contributed by atoms with Gasteiger partial charge in [-0.1, -0.05) is 41.4 Å². The van der Waals surface area contributed by atoms with Crippen molar-refractivity contribution in [1.82, 2.24) is 20.2 Å². The Morgan fingerprint density at radius 2 is 1.60 bits per heavy atom. The van der Waals surface area contributed by atoms with Crippen molar-refractivity contribution in [2.45, 2.75) is 24.9 Å². The number of anilines is 1. The van der Waals surface area contributed by atoms with E-state index in [0.717, 1.165) is 26.2 Å². The van der Waals surface area contributed by atoms with Gasteiger partial charge in [0.2, 0.25) is 0 Å². The number of hydrogen-bond donors (Lipinski definition) is 2. The fraction of sp³-hybridized carbons (Fsp3) is 0.440. The zero-order valence-electron chi connectivity index (χ0n) is 19.9. The highest BCUT2D eigenvalue weighted by Crippen LogP contribution is 2.32. The van der Waals surface area contributed by atoms with E-state index in [1.54, 1.807) is 48.5 Å². The van der Waals surface area contributed by atoms with Crippen LogP contribution < -0.4 is 16.1 Å². The number of nitrogens with one attached hydrogen (secondary N) is 1. The van der Waals surface area contributed by atoms with Gasteiger partial charge in [0.15, 0.2) is 0 Å². The Balaban J connectivity index is 1.51. The first-order chi connectivity index (χ1) is 16.8. The van der Waals surface area contributed by atoms with E-state index in [1.165, 1.54) is 17.7 Å². The summed E-state index contributed by atoms with van der Waals surface area (Å²) < 4.78 is 0. The molecule has 3 amide bonds. The van der Waals surface area contributed by atoms with E-state index in [4.69, 9.17) is 28.9 Å². The topological polar surface area (TPSA) is 85.2 Å². The van der Waals surface area contributed by atoms with Gasteiger partial charge in [-0.15, -0.1) is 0 Å². The molecular weight excluding hydrogens is 487 g/mol. The van der Waals surface area contributed by atoms with Crippen LogP contribution in [-0.4, -0.2) is 79.1 Å². The molecule has 2 heterocycles. The Morgan fingerprint density at radius 3 is 2.20 bits per heavy atom. The molecule has 35 heavy (non-hydrogen) atoms. The molecule has 2 saturated heterocycles. The Kier molecular flexibility index (Phi) is 8.51. The largest absolute Gasteiger partial charge is 0.351 e. The second-order valence-electron chi connectivity index (χ2n) is 9.14. The van der Waals surface area contributed by atoms with Crippen molar-refractivity contribution in [1.29, 1.82) is 0 Å². The minimum Gasteiger partial charge on any atom is -0.351 e. The summed E-state index contributed by atoms with van der Waals surface area (Å²) in [5.41, 5.74) is 9.74. The average Bonchev–Trinajstić information content (AvgIpc) is 2.85. The molecule has 2 aromatic rings. The number of carbonyl (C=O) groups excluding carboxylic acids is 2. The van der Waals surface area contributed by atoms with E-state index in [1.807, 2.05) is 5.01 Å². The molecule has 4 rings (SSSR count). The Hall–Kier alpha value is -2.36. The molecule has 3 N–H and O–H groups in total. The summed E-state index contributed by atoms with van der Waals surface area (Å²) >= 11 is 12.5. The number of nitrogens with two attached hydrogens (primary N) is 1. The first kappa shape index (κ1) is 25.7. The van der Waals surface area contributed by atoms with Crippen molar-refractivity contribution in [3.63, 3.8) is 0 Å². The highest BCUT2D eigenvalue weighted by atomic mass is 35.5. The van der Waals surface area contributed by atoms with Gasteiger partial charge >= 0.3 is 6.03 Å². The van der Waals surface area contributed by atoms with E-state index in [9.17, 15) is 9.59 Å². The Labute approximate surface area is 216 Å². The summed E-state index contributed by atoms with van der Waals surface area (Å²) in [5, 5.41) is 2.80. The summed E-state index contributed by atoms with van der Waals surface area (Å²) in [6.45, 7) is 5.39. The van der Waals surface area contributed by atoms with Gasteiger partial charge < -0.3 is 10.6 Å². The molecule has 10 heteroatoms. The molecule has 2 aliphatic heterocycles. The molecule has 0 aromatic heterocycles. The minimum atomic E-state index is -1.05. The highest BCUT2D eigenvalue weighted by Gasteiger charge is 2.35. The number of hydrazine groups is 1. The number of benzene rings is 2. The van der Waals surface area contributed by atoms with E-state index in [2.05, 4.69) is 22.3 Å². The van der Waals surface area contributed by atoms with Crippen molar-refractivity contribution < 1.29 is 9.59 Å². The first-order valence-electron chi connectivity index (χ1n) is 11.9. The Morgan fingerprint density at radius 1 is 0.971 bits per heavy atom. The number of urea groups is 1. The van der Waals surface area contributed by atoms with Gasteiger partial charge in [-0.05, 0) is 63.3 Å². The van der Waals surface area contributed by atoms with Gasteiger partial charge in [0.1, 0.15) is 6.04 Å². The zero-order chi connectivity index (χ0) is 24.9. The van der Waals surface area contributed by atoms with Gasteiger partial charge in [0, 0.05) is 53.5 Å². The van der Waals surface area contributed by atoms with Crippen LogP contribution in [0.2, 0.25) is 10.0 Å². The van der Waals surface area contributed by atoms with Crippen molar-refractivity contribution in [3.05, 3.63) is 64.1 Å². The second-order valence-corrected chi connectivity index (χ2v) is 9.99. The third-order valence-corrected chi connectivity index (χ3v) is 7.43. The number of primary amides is 1. The first-order valence-corrected chi connectivity index (χ1v) is 12.7. The minimum absolute atomic E-state index is 0.375. The van der Waals surface area contributed by atoms with Crippen LogP contribution in [0.15, 0.2) is 48.5 Å². The fourth-order valence-electron chi connectivity index (χ4n) is 4.88. The summed E-state index contributed by atoms with van der Waals surface area (Å²) in [6.07, 6.45) is 2.35. The van der Waals surface area contributed by atoms with E-state index >= 15 is 0 Å². The average molecular weight is 519 g/mol. The molecule has 188 valence electrons. The third kappa shape index (κ3) is 6.26. The molecule has 2 fully saturated rings. The van der Waals surface area contributed by atoms with Crippen LogP contribution in [0.4, 0.5) is 10.5 Å². The number of rotatable bonds is 6. The van der Waals surface area contributed by atoms with Gasteiger partial charge in [-0.3, -0.25) is 20.0 Å². The van der Waals surface area contributed by atoms with E-state index in [0.29, 0.717) is 40.4 Å². The van der Waals surface area contributed by atoms with Crippen LogP contribution in [-0.2, 0) is 4.79 Å². The number of piperazine rings is 1. The zero-order valence-corrected chi connectivity index (χ0v) is 21.4. The van der Waals surface area contributed by atoms with Gasteiger partial charge in [-0.25, -0.2) is 9.80 Å². The molecule has 1 unspecified atom stereocenters. The maximum absolute atomic E-state index is 13.7. The molecule has 1 atom stereocenters. The number of amides is 3. The predicted octanol–water partition coefficient (Wildman–Crippen LogP) is 3.36. The summed E-state index contributed by atoms with van der Waals surface area (Å²) in [5.74, 6) is -0.375. The van der Waals surface area contributed by atoms with Gasteiger partial charge in [0.05, 0.1) is 0 Å². The number of carbonyl (C=O) groups is 2. The summed E-state index contributed by atoms with van der Waals surface area (Å²) in [7, 11) is 2.17. The molecular formula is C25H32Cl2N6O2. The lowest BCUT2D eigenvalue weighted by atomic mass is 10.0. The molecule has 0 saturated carbocycles. The number of halogens is 2. The van der Waals surface area contributed by atoms with Gasteiger partial charge in [0.25, 0.3) is 5.91 Å². The van der Waals surface area contributed by atoms with E-state index in [-0.39, 0.29) is 5.91 Å². The lowest BCUT2D eigenvalue weighted by Gasteiger charge is -2.42. The number of likely N-dealkylation sites (tertiary alicyclic amines) is 1. The second kappa shape index (κ2) is 11.6. The fourth-order valence-corrected chi connectivity index (χ4v) is 5.24. The molecule has 8 nitrogen and oxygen atoms in total. The lowest BCUT2D eigenvalue weighted by Crippen LogP contribution is -2.58. The van der Waals surface area contributed by atoms with Crippen molar-refractivity contribution in [3.8, 4) is 0 Å². The lowest BCUT2D eigenvalue weighted by molar-refractivity contribution is -0.128. The van der Waals surface area contributed by atoms with E-state index < -0.39 is 12.1 Å². The molecule has 0 bridgehead atoms. The number of nitrogens with zero attached hydrogens (tertiary/aromatic N) is 4. The molecule has 0 radical (unpaired) electrons. The standard InChI is InChI=1S/C25H32Cl2N6O2/c1-30-12-10-19(11-13-30)31-14-16-32(17-15-31)29-24(34)23(21-4-2-3-5-22(21)27)33(25(28)35)20-8-6-18(26)7-9-20/h2-9,19,23H,10-17H2,1H3,(H2,28,35)(H,29,34). The maximum atomic E-state index is 13.7. The summed E-state index contributed by atoms with van der Waals surface area (Å²) in [4.78, 5) is 32.4. The number of hydrogen-bond acceptors (Lipinski definition) is 5. The Bertz CT molecular complexity index is 1020. The van der Waals surface area contributed by atoms with Gasteiger partial charge in [-0.2, -0.15) is 0 Å². The highest BCUT2D eigenvalue weighted by molar-refractivity contribution is 6.32.